The Kier molecular flexibility index (Phi) is 19.0. The van der Waals surface area contributed by atoms with Gasteiger partial charge in [-0.05, 0) is 218 Å². The van der Waals surface area contributed by atoms with Crippen LogP contribution in [0.15, 0.2) is 163 Å². The maximum atomic E-state index is 9.15. The average Bonchev–Trinajstić information content (AvgIpc) is 1.00. The molecule has 0 aliphatic carbocycles. The Morgan fingerprint density at radius 1 is 0.283 bits per heavy atom. The Labute approximate surface area is 726 Å². The van der Waals surface area contributed by atoms with Gasteiger partial charge >= 0.3 is 0 Å². The largest absolute Gasteiger partial charge is 0.455 e. The van der Waals surface area contributed by atoms with Crippen molar-refractivity contribution in [3.8, 4) is 45.0 Å². The molecule has 0 aliphatic rings. The van der Waals surface area contributed by atoms with E-state index in [1.165, 1.54) is 0 Å². The van der Waals surface area contributed by atoms with Crippen molar-refractivity contribution in [3.63, 3.8) is 0 Å². The third-order valence-corrected chi connectivity index (χ3v) is 22.0. The maximum Gasteiger partial charge on any atom is 0.216 e. The van der Waals surface area contributed by atoms with Gasteiger partial charge in [-0.15, -0.1) is 0 Å². The molecule has 8 aromatic heterocycles. The Morgan fingerprint density at radius 3 is 0.883 bits per heavy atom. The topological polar surface area (TPSA) is 85.5 Å². The molecular weight excluding hydrogens is 1470 g/mol. The number of pyridine rings is 4. The molecule has 12 nitrogen and oxygen atoms in total. The number of hydrogen-bond donors (Lipinski definition) is 0. The van der Waals surface area contributed by atoms with Gasteiger partial charge in [-0.2, -0.15) is 18.3 Å². The molecule has 0 bridgehead atoms. The number of aryl methyl sites for hydroxylation is 10. The second-order valence-electron chi connectivity index (χ2n) is 36.3. The second kappa shape index (κ2) is 32.3. The molecule has 0 unspecified atom stereocenters. The summed E-state index contributed by atoms with van der Waals surface area (Å²) in [7, 11) is 7.62. The van der Waals surface area contributed by atoms with E-state index in [0.717, 1.165) is 144 Å². The summed E-state index contributed by atoms with van der Waals surface area (Å²) in [6, 6.07) is 38.9. The molecule has 0 spiro atoms. The molecule has 0 amide bonds. The van der Waals surface area contributed by atoms with Crippen LogP contribution in [0.1, 0.15) is 189 Å². The highest BCUT2D eigenvalue weighted by Gasteiger charge is 2.31. The van der Waals surface area contributed by atoms with Crippen molar-refractivity contribution in [1.82, 2.24) is 0 Å². The minimum atomic E-state index is -1.90. The SMILES string of the molecule is [2H]C([2H])(c1cc(C)[n+](C)c(-c2c(C)ccc3c2oc2c(C)cc([N+]#[C-])cc23)c1)C(C)(C)C.[2H]C([2H])(c1cc(C)[n+](C)c(-c2c(C)ccc3c2oc2cc(C)c([N+]#[C-])cc23)c1)C(C)(C)C.[2H]c1c(C([2H])([2H])C(C)(C)C)c([2H])c(-c2c(C)ccc3c2oc2c(C)cc([N+]#[C-])cc23)[n+](C)c1C.[2H]c1c(C([2H])([2H])C(C)(C)C)c([2H])c(-c2c(C)ccc3c2oc2cc(C)c([N+]#[C-])cc23)[n+](C)c1C. The van der Waals surface area contributed by atoms with Crippen molar-refractivity contribution in [1.29, 1.82) is 0 Å². The highest BCUT2D eigenvalue weighted by Crippen LogP contribution is 2.46. The molecule has 0 aliphatic heterocycles. The number of rotatable bonds is 8. The first-order valence-corrected chi connectivity index (χ1v) is 40.6. The molecule has 8 aromatic carbocycles. The van der Waals surface area contributed by atoms with Crippen LogP contribution < -0.4 is 18.3 Å². The standard InChI is InChI=1S/4C27H29N2O/c2*1-16-9-10-21-22-14-20(28-7)11-17(2)25(22)30-26(21)24(16)23-13-19(15-27(4,5)6)12-18(3)29(23)8;2*1-16-9-10-20-21-14-22(28-7)17(2)11-24(21)30-26(20)25(16)23-13-19(15-27(4,5)6)12-18(3)29(23)8/h4*9-14H,15H2,1-6,8H3/q4*+1/i12D,13D,15D2;15D2;12D,13D,15D2;15D2. The first-order chi connectivity index (χ1) is 61.2. The third kappa shape index (κ3) is 17.1. The molecule has 0 fully saturated rings. The van der Waals surface area contributed by atoms with E-state index in [4.69, 9.17) is 60.4 Å². The molecule has 608 valence electrons. The molecule has 0 N–H and O–H groups in total. The lowest BCUT2D eigenvalue weighted by Crippen LogP contribution is -2.35. The summed E-state index contributed by atoms with van der Waals surface area (Å²) in [6.45, 7) is 75.4. The highest BCUT2D eigenvalue weighted by molar-refractivity contribution is 6.15. The summed E-state index contributed by atoms with van der Waals surface area (Å²) in [5.74, 6) is 0. The number of fused-ring (bicyclic) bond motifs is 12. The Hall–Kier alpha value is -12.5. The smallest absolute Gasteiger partial charge is 0.216 e. The van der Waals surface area contributed by atoms with Gasteiger partial charge in [0.25, 0.3) is 0 Å². The predicted octanol–water partition coefficient (Wildman–Crippen LogP) is 28.6. The van der Waals surface area contributed by atoms with Gasteiger partial charge in [-0.25, -0.2) is 19.4 Å². The lowest BCUT2D eigenvalue weighted by atomic mass is 9.87. The van der Waals surface area contributed by atoms with E-state index in [2.05, 4.69) is 60.6 Å². The molecule has 0 saturated heterocycles. The zero-order valence-electron chi connectivity index (χ0n) is 86.8. The normalized spacial score (nSPS) is 13.9. The van der Waals surface area contributed by atoms with Gasteiger partial charge in [0.05, 0.1) is 54.0 Å². The lowest BCUT2D eigenvalue weighted by Gasteiger charge is -2.18. The van der Waals surface area contributed by atoms with Crippen molar-refractivity contribution in [2.75, 3.05) is 0 Å². The predicted molar refractivity (Wildman–Crippen MR) is 496 cm³/mol. The fraction of sp³-hybridized carbons (Fsp3) is 0.333. The highest BCUT2D eigenvalue weighted by atomic mass is 16.3. The number of aromatic nitrogens is 4. The number of furan rings is 4. The molecule has 0 radical (unpaired) electrons. The van der Waals surface area contributed by atoms with E-state index in [9.17, 15) is 0 Å². The molecule has 12 heteroatoms. The Morgan fingerprint density at radius 2 is 0.575 bits per heavy atom. The molecule has 16 aromatic rings. The number of nitrogens with zero attached hydrogens (tertiary/aromatic N) is 8. The van der Waals surface area contributed by atoms with Gasteiger partial charge in [0.1, 0.15) is 72.9 Å². The van der Waals surface area contributed by atoms with E-state index in [1.807, 2.05) is 208 Å². The molecule has 0 atom stereocenters. The van der Waals surface area contributed by atoms with Crippen molar-refractivity contribution in [2.45, 2.75) is 192 Å². The van der Waals surface area contributed by atoms with Gasteiger partial charge in [0.15, 0.2) is 45.5 Å². The van der Waals surface area contributed by atoms with Crippen LogP contribution in [0.3, 0.4) is 0 Å². The zero-order chi connectivity index (χ0) is 97.8. The Bertz CT molecular complexity index is 7760. The quantitative estimate of drug-likeness (QED) is 0.112. The summed E-state index contributed by atoms with van der Waals surface area (Å²) in [5, 5.41) is 7.16. The third-order valence-electron chi connectivity index (χ3n) is 22.0. The summed E-state index contributed by atoms with van der Waals surface area (Å²) in [6.07, 6.45) is -6.80. The van der Waals surface area contributed by atoms with Crippen LogP contribution in [-0.2, 0) is 53.7 Å². The molecule has 0 saturated carbocycles. The second-order valence-corrected chi connectivity index (χ2v) is 36.3. The average molecular weight is 1600 g/mol. The van der Waals surface area contributed by atoms with Crippen molar-refractivity contribution < 1.29 is 52.4 Å². The van der Waals surface area contributed by atoms with Gasteiger partial charge in [-0.1, -0.05) is 132 Å². The van der Waals surface area contributed by atoms with Crippen molar-refractivity contribution in [3.05, 3.63) is 281 Å². The van der Waals surface area contributed by atoms with Crippen LogP contribution >= 0.6 is 0 Å². The number of benzene rings is 8. The first-order valence-electron chi connectivity index (χ1n) is 46.6. The van der Waals surface area contributed by atoms with Crippen LogP contribution in [0.4, 0.5) is 22.7 Å². The number of hydrogen-bond acceptors (Lipinski definition) is 4. The van der Waals surface area contributed by atoms with Gasteiger partial charge < -0.3 is 17.7 Å². The summed E-state index contributed by atoms with van der Waals surface area (Å²) in [4.78, 5) is 14.5. The first kappa shape index (κ1) is 70.5. The van der Waals surface area contributed by atoms with Crippen LogP contribution in [0.5, 0.6) is 0 Å². The fourth-order valence-electron chi connectivity index (χ4n) is 15.9. The fourth-order valence-corrected chi connectivity index (χ4v) is 15.9. The van der Waals surface area contributed by atoms with Gasteiger partial charge in [-0.3, -0.25) is 0 Å². The van der Waals surface area contributed by atoms with Crippen LogP contribution in [0, 0.1) is 131 Å². The summed E-state index contributed by atoms with van der Waals surface area (Å²) >= 11 is 0. The zero-order valence-corrected chi connectivity index (χ0v) is 74.8. The van der Waals surface area contributed by atoms with Crippen molar-refractivity contribution in [2.24, 2.45) is 49.9 Å². The summed E-state index contributed by atoms with van der Waals surface area (Å²) in [5.41, 5.74) is 23.5. The van der Waals surface area contributed by atoms with E-state index < -0.39 is 47.2 Å². The van der Waals surface area contributed by atoms with Crippen molar-refractivity contribution >= 4 is 111 Å². The van der Waals surface area contributed by atoms with Crippen LogP contribution in [-0.4, -0.2) is 0 Å². The van der Waals surface area contributed by atoms with Gasteiger partial charge in [0.2, 0.25) is 22.8 Å². The molecule has 8 heterocycles. The maximum absolute atomic E-state index is 9.15. The van der Waals surface area contributed by atoms with Crippen LogP contribution in [0.25, 0.3) is 152 Å². The van der Waals surface area contributed by atoms with E-state index in [1.54, 1.807) is 84.7 Å². The van der Waals surface area contributed by atoms with Crippen LogP contribution in [0.2, 0.25) is 0 Å². The van der Waals surface area contributed by atoms with Gasteiger partial charge in [0, 0.05) is 130 Å². The minimum Gasteiger partial charge on any atom is -0.455 e. The molecule has 120 heavy (non-hydrogen) atoms. The minimum absolute atomic E-state index is 0.00681. The summed E-state index contributed by atoms with van der Waals surface area (Å²) < 4.78 is 140. The Balaban J connectivity index is 0.000000150. The lowest BCUT2D eigenvalue weighted by molar-refractivity contribution is -0.666. The monoisotopic (exact) mass is 1600 g/mol. The van der Waals surface area contributed by atoms with E-state index in [-0.39, 0.29) is 35.3 Å². The van der Waals surface area contributed by atoms with E-state index >= 15 is 0 Å². The molecular formula is C108H116N8O4+4. The van der Waals surface area contributed by atoms with E-state index in [0.29, 0.717) is 90.1 Å². The molecule has 16 rings (SSSR count).